The van der Waals surface area contributed by atoms with Crippen LogP contribution in [0, 0.1) is 6.92 Å². The third kappa shape index (κ3) is 3.15. The first-order valence-electron chi connectivity index (χ1n) is 5.06. The number of aryl methyl sites for hydroxylation is 1. The minimum Gasteiger partial charge on any atom is -0.261 e. The zero-order chi connectivity index (χ0) is 12.3. The summed E-state index contributed by atoms with van der Waals surface area (Å²) in [7, 11) is -3.65. The lowest BCUT2D eigenvalue weighted by atomic mass is 10.2. The van der Waals surface area contributed by atoms with Gasteiger partial charge in [-0.1, -0.05) is 23.8 Å². The summed E-state index contributed by atoms with van der Waals surface area (Å²) in [5.41, 5.74) is 1.02. The van der Waals surface area contributed by atoms with Gasteiger partial charge in [-0.25, -0.2) is 0 Å². The Morgan fingerprint density at radius 1 is 1.18 bits per heavy atom. The highest BCUT2D eigenvalue weighted by Gasteiger charge is 2.14. The van der Waals surface area contributed by atoms with Crippen molar-refractivity contribution >= 4 is 21.5 Å². The highest BCUT2D eigenvalue weighted by molar-refractivity contribution is 7.86. The Morgan fingerprint density at radius 2 is 1.88 bits per heavy atom. The van der Waals surface area contributed by atoms with E-state index in [1.165, 1.54) is 11.3 Å². The van der Waals surface area contributed by atoms with Crippen molar-refractivity contribution in [2.75, 3.05) is 0 Å². The van der Waals surface area contributed by atoms with E-state index in [9.17, 15) is 8.42 Å². The maximum absolute atomic E-state index is 11.8. The van der Waals surface area contributed by atoms with Gasteiger partial charge in [0.25, 0.3) is 10.1 Å². The molecule has 0 atom stereocenters. The van der Waals surface area contributed by atoms with Crippen LogP contribution in [0.4, 0.5) is 0 Å². The molecule has 0 saturated carbocycles. The molecule has 0 amide bonds. The van der Waals surface area contributed by atoms with E-state index in [1.807, 2.05) is 24.4 Å². The molecule has 1 aromatic carbocycles. The number of rotatable bonds is 4. The minimum atomic E-state index is -3.65. The third-order valence-corrected chi connectivity index (χ3v) is 4.37. The van der Waals surface area contributed by atoms with Gasteiger partial charge in [-0.15, -0.1) is 11.3 Å². The van der Waals surface area contributed by atoms with Crippen molar-refractivity contribution in [3.8, 4) is 0 Å². The SMILES string of the molecule is Cc1ccc(S(=O)(=O)OCc2cccs2)cc1. The normalized spacial score (nSPS) is 11.6. The summed E-state index contributed by atoms with van der Waals surface area (Å²) < 4.78 is 28.6. The molecule has 0 radical (unpaired) electrons. The Bertz CT molecular complexity index is 569. The summed E-state index contributed by atoms with van der Waals surface area (Å²) in [5, 5.41) is 1.89. The highest BCUT2D eigenvalue weighted by atomic mass is 32.2. The van der Waals surface area contributed by atoms with Gasteiger partial charge in [-0.3, -0.25) is 4.18 Å². The summed E-state index contributed by atoms with van der Waals surface area (Å²) in [6, 6.07) is 10.3. The second-order valence-electron chi connectivity index (χ2n) is 3.61. The van der Waals surface area contributed by atoms with Gasteiger partial charge in [-0.2, -0.15) is 8.42 Å². The summed E-state index contributed by atoms with van der Waals surface area (Å²) in [4.78, 5) is 1.08. The first-order chi connectivity index (χ1) is 8.08. The molecule has 0 spiro atoms. The van der Waals surface area contributed by atoms with Crippen LogP contribution >= 0.6 is 11.3 Å². The molecular weight excluding hydrogens is 256 g/mol. The van der Waals surface area contributed by atoms with E-state index in [0.717, 1.165) is 10.4 Å². The smallest absolute Gasteiger partial charge is 0.261 e. The molecule has 2 rings (SSSR count). The zero-order valence-corrected chi connectivity index (χ0v) is 10.9. The van der Waals surface area contributed by atoms with Crippen molar-refractivity contribution in [3.05, 3.63) is 52.2 Å². The topological polar surface area (TPSA) is 43.4 Å². The first-order valence-corrected chi connectivity index (χ1v) is 7.35. The molecule has 2 aromatic rings. The van der Waals surface area contributed by atoms with Crippen molar-refractivity contribution in [1.82, 2.24) is 0 Å². The van der Waals surface area contributed by atoms with Gasteiger partial charge in [0.2, 0.25) is 0 Å². The second-order valence-corrected chi connectivity index (χ2v) is 6.26. The number of thiophene rings is 1. The fourth-order valence-electron chi connectivity index (χ4n) is 1.30. The number of benzene rings is 1. The second kappa shape index (κ2) is 5.00. The maximum atomic E-state index is 11.8. The molecule has 3 nitrogen and oxygen atoms in total. The lowest BCUT2D eigenvalue weighted by Crippen LogP contribution is -2.05. The van der Waals surface area contributed by atoms with E-state index in [2.05, 4.69) is 0 Å². The molecule has 90 valence electrons. The molecule has 0 fully saturated rings. The van der Waals surface area contributed by atoms with Gasteiger partial charge in [-0.05, 0) is 30.5 Å². The van der Waals surface area contributed by atoms with E-state index in [-0.39, 0.29) is 11.5 Å². The van der Waals surface area contributed by atoms with E-state index >= 15 is 0 Å². The van der Waals surface area contributed by atoms with E-state index in [1.54, 1.807) is 24.3 Å². The summed E-state index contributed by atoms with van der Waals surface area (Å²) in [6.07, 6.45) is 0. The van der Waals surface area contributed by atoms with Crippen LogP contribution in [0.15, 0.2) is 46.7 Å². The van der Waals surface area contributed by atoms with E-state index in [4.69, 9.17) is 4.18 Å². The fourth-order valence-corrected chi connectivity index (χ4v) is 2.88. The van der Waals surface area contributed by atoms with Gasteiger partial charge < -0.3 is 0 Å². The van der Waals surface area contributed by atoms with Crippen molar-refractivity contribution < 1.29 is 12.6 Å². The molecule has 0 unspecified atom stereocenters. The zero-order valence-electron chi connectivity index (χ0n) is 9.29. The largest absolute Gasteiger partial charge is 0.297 e. The molecule has 1 aromatic heterocycles. The van der Waals surface area contributed by atoms with Gasteiger partial charge >= 0.3 is 0 Å². The molecule has 0 aliphatic carbocycles. The minimum absolute atomic E-state index is 0.0911. The summed E-state index contributed by atoms with van der Waals surface area (Å²) in [6.45, 7) is 2.00. The van der Waals surface area contributed by atoms with Gasteiger partial charge in [0.1, 0.15) is 6.61 Å². The monoisotopic (exact) mass is 268 g/mol. The van der Waals surface area contributed by atoms with Gasteiger partial charge in [0, 0.05) is 4.88 Å². The number of hydrogen-bond acceptors (Lipinski definition) is 4. The highest BCUT2D eigenvalue weighted by Crippen LogP contribution is 2.17. The summed E-state index contributed by atoms with van der Waals surface area (Å²) in [5.74, 6) is 0. The van der Waals surface area contributed by atoms with Crippen LogP contribution in [0.2, 0.25) is 0 Å². The van der Waals surface area contributed by atoms with Crippen LogP contribution in [0.3, 0.4) is 0 Å². The van der Waals surface area contributed by atoms with Gasteiger partial charge in [0.15, 0.2) is 0 Å². The van der Waals surface area contributed by atoms with Crippen LogP contribution in [0.25, 0.3) is 0 Å². The van der Waals surface area contributed by atoms with Crippen LogP contribution in [-0.4, -0.2) is 8.42 Å². The maximum Gasteiger partial charge on any atom is 0.297 e. The average Bonchev–Trinajstić information content (AvgIpc) is 2.80. The Morgan fingerprint density at radius 3 is 2.47 bits per heavy atom. The first kappa shape index (κ1) is 12.3. The standard InChI is InChI=1S/C12H12O3S2/c1-10-4-6-12(7-5-10)17(13,14)15-9-11-3-2-8-16-11/h2-8H,9H2,1H3. The Labute approximate surface area is 105 Å². The molecule has 17 heavy (non-hydrogen) atoms. The number of hydrogen-bond donors (Lipinski definition) is 0. The predicted octanol–water partition coefficient (Wildman–Crippen LogP) is 2.96. The predicted molar refractivity (Wildman–Crippen MR) is 67.5 cm³/mol. The lowest BCUT2D eigenvalue weighted by Gasteiger charge is -2.04. The molecule has 0 bridgehead atoms. The van der Waals surface area contributed by atoms with Crippen LogP contribution < -0.4 is 0 Å². The fraction of sp³-hybridized carbons (Fsp3) is 0.167. The van der Waals surface area contributed by atoms with Crippen molar-refractivity contribution in [1.29, 1.82) is 0 Å². The van der Waals surface area contributed by atoms with Crippen molar-refractivity contribution in [2.24, 2.45) is 0 Å². The lowest BCUT2D eigenvalue weighted by molar-refractivity contribution is 0.311. The average molecular weight is 268 g/mol. The Balaban J connectivity index is 2.11. The molecule has 0 aliphatic heterocycles. The quantitative estimate of drug-likeness (QED) is 0.801. The molecule has 0 aliphatic rings. The Hall–Kier alpha value is -1.17. The van der Waals surface area contributed by atoms with Crippen molar-refractivity contribution in [2.45, 2.75) is 18.4 Å². The van der Waals surface area contributed by atoms with Gasteiger partial charge in [0.05, 0.1) is 4.90 Å². The Kier molecular flexibility index (Phi) is 3.61. The molecule has 0 saturated heterocycles. The van der Waals surface area contributed by atoms with Crippen LogP contribution in [-0.2, 0) is 20.9 Å². The molecule has 1 heterocycles. The third-order valence-electron chi connectivity index (χ3n) is 2.25. The van der Waals surface area contributed by atoms with E-state index < -0.39 is 10.1 Å². The van der Waals surface area contributed by atoms with E-state index in [0.29, 0.717) is 0 Å². The van der Waals surface area contributed by atoms with Crippen molar-refractivity contribution in [3.63, 3.8) is 0 Å². The van der Waals surface area contributed by atoms with Crippen LogP contribution in [0.1, 0.15) is 10.4 Å². The molecular formula is C12H12O3S2. The molecule has 0 N–H and O–H groups in total. The summed E-state index contributed by atoms with van der Waals surface area (Å²) >= 11 is 1.47. The van der Waals surface area contributed by atoms with Crippen LogP contribution in [0.5, 0.6) is 0 Å². The molecule has 5 heteroatoms.